The molecule has 5 nitrogen and oxygen atoms in total. The van der Waals surface area contributed by atoms with E-state index in [2.05, 4.69) is 4.98 Å². The van der Waals surface area contributed by atoms with Gasteiger partial charge in [0.05, 0.1) is 21.7 Å². The summed E-state index contributed by atoms with van der Waals surface area (Å²) in [5.41, 5.74) is 0.584. The number of aromatic nitrogens is 1. The van der Waals surface area contributed by atoms with Gasteiger partial charge in [-0.25, -0.2) is 4.98 Å². The minimum Gasteiger partial charge on any atom is -0.389 e. The highest BCUT2D eigenvalue weighted by Gasteiger charge is 2.09. The van der Waals surface area contributed by atoms with Crippen molar-refractivity contribution in [1.82, 2.24) is 4.98 Å². The fraction of sp³-hybridized carbons (Fsp3) is 0.125. The number of hydrogen-bond donors (Lipinski definition) is 1. The van der Waals surface area contributed by atoms with Gasteiger partial charge in [0.1, 0.15) is 5.01 Å². The van der Waals surface area contributed by atoms with E-state index in [1.165, 1.54) is 23.5 Å². The summed E-state index contributed by atoms with van der Waals surface area (Å²) < 4.78 is 0.847. The van der Waals surface area contributed by atoms with Gasteiger partial charge < -0.3 is 5.11 Å². The molecule has 0 aliphatic rings. The van der Waals surface area contributed by atoms with Crippen LogP contribution in [0.25, 0.3) is 10.2 Å². The van der Waals surface area contributed by atoms with Crippen molar-refractivity contribution in [2.75, 3.05) is 0 Å². The van der Waals surface area contributed by atoms with Crippen molar-refractivity contribution in [3.8, 4) is 0 Å². The maximum absolute atomic E-state index is 10.5. The summed E-state index contributed by atoms with van der Waals surface area (Å²) in [5, 5.41) is 19.9. The molecule has 0 saturated heterocycles. The van der Waals surface area contributed by atoms with Crippen LogP contribution in [0.1, 0.15) is 5.01 Å². The normalized spacial score (nSPS) is 10.6. The molecule has 1 heterocycles. The monoisotopic (exact) mass is 210 g/mol. The average Bonchev–Trinajstić information content (AvgIpc) is 2.58. The lowest BCUT2D eigenvalue weighted by Gasteiger charge is -1.89. The second-order valence-electron chi connectivity index (χ2n) is 2.67. The number of nitrogens with zero attached hydrogens (tertiary/aromatic N) is 2. The average molecular weight is 210 g/mol. The highest BCUT2D eigenvalue weighted by Crippen LogP contribution is 2.25. The highest BCUT2D eigenvalue weighted by molar-refractivity contribution is 7.18. The first kappa shape index (κ1) is 9.04. The van der Waals surface area contributed by atoms with Crippen LogP contribution in [0.2, 0.25) is 0 Å². The number of thiazole rings is 1. The van der Waals surface area contributed by atoms with Crippen molar-refractivity contribution in [3.05, 3.63) is 33.3 Å². The fourth-order valence-electron chi connectivity index (χ4n) is 1.14. The zero-order valence-corrected chi connectivity index (χ0v) is 7.82. The summed E-state index contributed by atoms with van der Waals surface area (Å²) >= 11 is 1.33. The van der Waals surface area contributed by atoms with Crippen molar-refractivity contribution in [3.63, 3.8) is 0 Å². The van der Waals surface area contributed by atoms with E-state index in [1.807, 2.05) is 0 Å². The van der Waals surface area contributed by atoms with E-state index in [0.717, 1.165) is 4.70 Å². The molecule has 14 heavy (non-hydrogen) atoms. The summed E-state index contributed by atoms with van der Waals surface area (Å²) in [7, 11) is 0. The smallest absolute Gasteiger partial charge is 0.271 e. The van der Waals surface area contributed by atoms with Gasteiger partial charge in [0.25, 0.3) is 5.69 Å². The molecule has 0 aliphatic carbocycles. The third kappa shape index (κ3) is 1.45. The van der Waals surface area contributed by atoms with Gasteiger partial charge in [-0.1, -0.05) is 0 Å². The van der Waals surface area contributed by atoms with Gasteiger partial charge in [0.2, 0.25) is 0 Å². The number of nitro groups is 1. The summed E-state index contributed by atoms with van der Waals surface area (Å²) in [5.74, 6) is 0. The van der Waals surface area contributed by atoms with Crippen LogP contribution >= 0.6 is 11.3 Å². The van der Waals surface area contributed by atoms with E-state index in [4.69, 9.17) is 5.11 Å². The Hall–Kier alpha value is -1.53. The van der Waals surface area contributed by atoms with E-state index < -0.39 is 4.92 Å². The summed E-state index contributed by atoms with van der Waals surface area (Å²) in [6.45, 7) is -0.132. The van der Waals surface area contributed by atoms with Crippen molar-refractivity contribution in [2.24, 2.45) is 0 Å². The number of rotatable bonds is 2. The Morgan fingerprint density at radius 3 is 3.00 bits per heavy atom. The Kier molecular flexibility index (Phi) is 2.14. The van der Waals surface area contributed by atoms with Gasteiger partial charge in [-0.2, -0.15) is 0 Å². The second-order valence-corrected chi connectivity index (χ2v) is 3.79. The van der Waals surface area contributed by atoms with Crippen molar-refractivity contribution < 1.29 is 10.0 Å². The maximum Gasteiger partial charge on any atom is 0.271 e. The van der Waals surface area contributed by atoms with E-state index >= 15 is 0 Å². The minimum atomic E-state index is -0.461. The largest absolute Gasteiger partial charge is 0.389 e. The molecule has 0 bridgehead atoms. The first-order valence-corrected chi connectivity index (χ1v) is 4.67. The number of hydrogen-bond acceptors (Lipinski definition) is 5. The SMILES string of the molecule is O=[N+]([O-])c1ccc2sc(CO)nc2c1. The molecule has 2 rings (SSSR count). The molecular formula is C8H6N2O3S. The number of nitro benzene ring substituents is 1. The van der Waals surface area contributed by atoms with E-state index in [9.17, 15) is 10.1 Å². The van der Waals surface area contributed by atoms with Crippen LogP contribution in [0.3, 0.4) is 0 Å². The first-order chi connectivity index (χ1) is 6.70. The number of non-ortho nitro benzene ring substituents is 1. The van der Waals surface area contributed by atoms with Crippen LogP contribution in [0.4, 0.5) is 5.69 Å². The minimum absolute atomic E-state index is 0.0206. The van der Waals surface area contributed by atoms with Crippen LogP contribution in [-0.4, -0.2) is 15.0 Å². The molecule has 0 fully saturated rings. The van der Waals surface area contributed by atoms with Crippen molar-refractivity contribution in [2.45, 2.75) is 6.61 Å². The Balaban J connectivity index is 2.59. The Morgan fingerprint density at radius 2 is 2.36 bits per heavy atom. The molecule has 1 N–H and O–H groups in total. The lowest BCUT2D eigenvalue weighted by Crippen LogP contribution is -1.86. The van der Waals surface area contributed by atoms with E-state index in [0.29, 0.717) is 10.5 Å². The van der Waals surface area contributed by atoms with E-state index in [-0.39, 0.29) is 12.3 Å². The molecule has 0 aliphatic heterocycles. The van der Waals surface area contributed by atoms with Gasteiger partial charge >= 0.3 is 0 Å². The summed E-state index contributed by atoms with van der Waals surface area (Å²) in [6.07, 6.45) is 0. The topological polar surface area (TPSA) is 76.3 Å². The van der Waals surface area contributed by atoms with Crippen LogP contribution in [-0.2, 0) is 6.61 Å². The molecule has 0 unspecified atom stereocenters. The predicted octanol–water partition coefficient (Wildman–Crippen LogP) is 1.70. The number of benzene rings is 1. The van der Waals surface area contributed by atoms with Gasteiger partial charge in [0, 0.05) is 12.1 Å². The lowest BCUT2D eigenvalue weighted by atomic mass is 10.3. The first-order valence-electron chi connectivity index (χ1n) is 3.85. The molecule has 2 aromatic rings. The Morgan fingerprint density at radius 1 is 1.57 bits per heavy atom. The Labute approximate surface area is 82.8 Å². The second kappa shape index (κ2) is 3.32. The standard InChI is InChI=1S/C8H6N2O3S/c11-4-8-9-6-3-5(10(12)13)1-2-7(6)14-8/h1-3,11H,4H2. The van der Waals surface area contributed by atoms with Crippen LogP contribution in [0, 0.1) is 10.1 Å². The maximum atomic E-state index is 10.5. The van der Waals surface area contributed by atoms with Gasteiger partial charge in [0.15, 0.2) is 0 Å². The zero-order valence-electron chi connectivity index (χ0n) is 7.01. The van der Waals surface area contributed by atoms with Crippen LogP contribution in [0.5, 0.6) is 0 Å². The quantitative estimate of drug-likeness (QED) is 0.604. The fourth-order valence-corrected chi connectivity index (χ4v) is 1.95. The van der Waals surface area contributed by atoms with Crippen molar-refractivity contribution in [1.29, 1.82) is 0 Å². The molecule has 0 radical (unpaired) electrons. The molecule has 72 valence electrons. The van der Waals surface area contributed by atoms with Crippen molar-refractivity contribution >= 4 is 27.2 Å². The lowest BCUT2D eigenvalue weighted by molar-refractivity contribution is -0.384. The molecule has 6 heteroatoms. The van der Waals surface area contributed by atoms with Crippen LogP contribution < -0.4 is 0 Å². The third-order valence-electron chi connectivity index (χ3n) is 1.76. The third-order valence-corrected chi connectivity index (χ3v) is 2.78. The molecule has 0 saturated carbocycles. The van der Waals surface area contributed by atoms with Crippen LogP contribution in [0.15, 0.2) is 18.2 Å². The number of aliphatic hydroxyl groups excluding tert-OH is 1. The highest BCUT2D eigenvalue weighted by atomic mass is 32.1. The summed E-state index contributed by atoms with van der Waals surface area (Å²) in [6, 6.07) is 4.48. The van der Waals surface area contributed by atoms with Gasteiger partial charge in [-0.05, 0) is 6.07 Å². The predicted molar refractivity (Wildman–Crippen MR) is 52.2 cm³/mol. The number of aliphatic hydroxyl groups is 1. The molecule has 0 atom stereocenters. The van der Waals surface area contributed by atoms with Gasteiger partial charge in [-0.3, -0.25) is 10.1 Å². The van der Waals surface area contributed by atoms with E-state index in [1.54, 1.807) is 6.07 Å². The molecule has 1 aromatic carbocycles. The molecule has 0 amide bonds. The summed E-state index contributed by atoms with van der Waals surface area (Å²) in [4.78, 5) is 14.0. The molecular weight excluding hydrogens is 204 g/mol. The molecule has 0 spiro atoms. The van der Waals surface area contributed by atoms with Gasteiger partial charge in [-0.15, -0.1) is 11.3 Å². The number of fused-ring (bicyclic) bond motifs is 1. The zero-order chi connectivity index (χ0) is 10.1. The molecule has 1 aromatic heterocycles. The Bertz CT molecular complexity index is 494.